The number of carbonyl (C=O) groups is 1. The topological polar surface area (TPSA) is 29.5 Å². The molecule has 78 valence electrons. The van der Waals surface area contributed by atoms with E-state index in [9.17, 15) is 4.79 Å². The Balaban J connectivity index is -0.000000173. The number of esters is 1. The van der Waals surface area contributed by atoms with Crippen molar-refractivity contribution in [3.8, 4) is 0 Å². The highest BCUT2D eigenvalue weighted by molar-refractivity contribution is 5.85. The first-order chi connectivity index (χ1) is 5.54. The Morgan fingerprint density at radius 1 is 1.38 bits per heavy atom. The molecule has 0 N–H and O–H groups in total. The molecule has 0 heterocycles. The van der Waals surface area contributed by atoms with Gasteiger partial charge in [-0.1, -0.05) is 19.2 Å². The second kappa shape index (κ2) is 13.8. The van der Waals surface area contributed by atoms with Gasteiger partial charge in [0.25, 0.3) is 0 Å². The van der Waals surface area contributed by atoms with Gasteiger partial charge in [0.15, 0.2) is 0 Å². The summed E-state index contributed by atoms with van der Waals surface area (Å²) in [7, 11) is 6.00. The highest BCUT2D eigenvalue weighted by Gasteiger charge is 1.87. The molecule has 0 saturated heterocycles. The molecule has 0 aliphatic heterocycles. The standard InChI is InChI=1S/C6H8O2.C3H9N.ClH/c1-3-5-8-6(7)4-2;1-4(2)3;/h3-4H,1-2,5H2;1-3H3;1H. The second-order valence-corrected chi connectivity index (χ2v) is 2.46. The van der Waals surface area contributed by atoms with Gasteiger partial charge in [0, 0.05) is 6.08 Å². The van der Waals surface area contributed by atoms with Crippen LogP contribution in [0.4, 0.5) is 0 Å². The summed E-state index contributed by atoms with van der Waals surface area (Å²) in [6.45, 7) is 6.81. The van der Waals surface area contributed by atoms with Crippen molar-refractivity contribution in [3.63, 3.8) is 0 Å². The maximum atomic E-state index is 10.2. The molecule has 0 aliphatic carbocycles. The summed E-state index contributed by atoms with van der Waals surface area (Å²) in [5.74, 6) is -0.412. The van der Waals surface area contributed by atoms with Crippen molar-refractivity contribution in [2.45, 2.75) is 0 Å². The first-order valence-corrected chi connectivity index (χ1v) is 3.55. The average molecular weight is 208 g/mol. The summed E-state index contributed by atoms with van der Waals surface area (Å²) in [6, 6.07) is 0. The van der Waals surface area contributed by atoms with E-state index in [0.29, 0.717) is 0 Å². The molecule has 0 unspecified atom stereocenters. The lowest BCUT2D eigenvalue weighted by Crippen LogP contribution is -1.99. The van der Waals surface area contributed by atoms with Crippen LogP contribution in [0.3, 0.4) is 0 Å². The van der Waals surface area contributed by atoms with Crippen LogP contribution in [0.2, 0.25) is 0 Å². The summed E-state index contributed by atoms with van der Waals surface area (Å²) < 4.78 is 4.47. The van der Waals surface area contributed by atoms with Crippen molar-refractivity contribution in [3.05, 3.63) is 25.3 Å². The lowest BCUT2D eigenvalue weighted by molar-refractivity contribution is -0.136. The molecule has 0 aromatic carbocycles. The zero-order chi connectivity index (χ0) is 9.98. The molecule has 0 aromatic heterocycles. The third-order valence-corrected chi connectivity index (χ3v) is 0.510. The number of halogens is 1. The van der Waals surface area contributed by atoms with Crippen LogP contribution in [0.25, 0.3) is 0 Å². The van der Waals surface area contributed by atoms with Crippen LogP contribution in [0.1, 0.15) is 0 Å². The minimum absolute atomic E-state index is 0. The van der Waals surface area contributed by atoms with Gasteiger partial charge in [-0.3, -0.25) is 0 Å². The number of ether oxygens (including phenoxy) is 1. The van der Waals surface area contributed by atoms with Gasteiger partial charge in [-0.2, -0.15) is 0 Å². The Hall–Kier alpha value is -0.800. The summed E-state index contributed by atoms with van der Waals surface area (Å²) in [4.78, 5) is 12.2. The Kier molecular flexibility index (Phi) is 19.1. The second-order valence-electron chi connectivity index (χ2n) is 2.46. The van der Waals surface area contributed by atoms with Crippen LogP contribution in [-0.2, 0) is 9.53 Å². The molecule has 0 spiro atoms. The minimum atomic E-state index is -0.412. The molecule has 0 amide bonds. The Labute approximate surface area is 86.5 Å². The zero-order valence-corrected chi connectivity index (χ0v) is 9.26. The highest BCUT2D eigenvalue weighted by Crippen LogP contribution is 1.77. The number of rotatable bonds is 3. The molecule has 0 aromatic rings. The van der Waals surface area contributed by atoms with Gasteiger partial charge in [-0.05, 0) is 21.1 Å². The summed E-state index contributed by atoms with van der Waals surface area (Å²) in [5.41, 5.74) is 0. The molecule has 0 saturated carbocycles. The molecule has 0 rings (SSSR count). The van der Waals surface area contributed by atoms with Crippen LogP contribution in [0.5, 0.6) is 0 Å². The van der Waals surface area contributed by atoms with Crippen LogP contribution in [-0.4, -0.2) is 38.6 Å². The van der Waals surface area contributed by atoms with Crippen LogP contribution < -0.4 is 0 Å². The molecule has 0 bridgehead atoms. The Bertz CT molecular complexity index is 144. The van der Waals surface area contributed by atoms with E-state index in [1.807, 2.05) is 26.0 Å². The number of hydrogen-bond acceptors (Lipinski definition) is 3. The maximum Gasteiger partial charge on any atom is 0.330 e. The quantitative estimate of drug-likeness (QED) is 0.399. The van der Waals surface area contributed by atoms with Crippen molar-refractivity contribution in [1.82, 2.24) is 4.90 Å². The van der Waals surface area contributed by atoms with Crippen LogP contribution >= 0.6 is 12.4 Å². The predicted octanol–water partition coefficient (Wildman–Crippen LogP) is 1.50. The van der Waals surface area contributed by atoms with Gasteiger partial charge >= 0.3 is 5.97 Å². The molecule has 0 radical (unpaired) electrons. The van der Waals surface area contributed by atoms with Crippen LogP contribution in [0, 0.1) is 0 Å². The van der Waals surface area contributed by atoms with E-state index in [1.54, 1.807) is 0 Å². The third kappa shape index (κ3) is 35.1. The van der Waals surface area contributed by atoms with Gasteiger partial charge in [0.2, 0.25) is 0 Å². The van der Waals surface area contributed by atoms with E-state index >= 15 is 0 Å². The van der Waals surface area contributed by atoms with E-state index in [-0.39, 0.29) is 19.0 Å². The van der Waals surface area contributed by atoms with Gasteiger partial charge < -0.3 is 9.64 Å². The third-order valence-electron chi connectivity index (χ3n) is 0.510. The molecule has 0 aliphatic rings. The Morgan fingerprint density at radius 2 is 1.77 bits per heavy atom. The van der Waals surface area contributed by atoms with Crippen molar-refractivity contribution in [2.24, 2.45) is 0 Å². The molecular formula is C9H18ClNO2. The molecule has 3 nitrogen and oxygen atoms in total. The van der Waals surface area contributed by atoms with E-state index < -0.39 is 5.97 Å². The van der Waals surface area contributed by atoms with Crippen molar-refractivity contribution >= 4 is 18.4 Å². The summed E-state index contributed by atoms with van der Waals surface area (Å²) in [6.07, 6.45) is 2.62. The van der Waals surface area contributed by atoms with E-state index in [1.165, 1.54) is 6.08 Å². The first-order valence-electron chi connectivity index (χ1n) is 3.55. The predicted molar refractivity (Wildman–Crippen MR) is 58.2 cm³/mol. The summed E-state index contributed by atoms with van der Waals surface area (Å²) >= 11 is 0. The van der Waals surface area contributed by atoms with Crippen molar-refractivity contribution in [1.29, 1.82) is 0 Å². The van der Waals surface area contributed by atoms with Crippen LogP contribution in [0.15, 0.2) is 25.3 Å². The largest absolute Gasteiger partial charge is 0.458 e. The number of nitrogens with zero attached hydrogens (tertiary/aromatic N) is 1. The van der Waals surface area contributed by atoms with Gasteiger partial charge in [-0.25, -0.2) is 4.79 Å². The fourth-order valence-corrected chi connectivity index (χ4v) is 0.200. The SMILES string of the molecule is C=CCOC(=O)C=C.CN(C)C.Cl. The fourth-order valence-electron chi connectivity index (χ4n) is 0.200. The minimum Gasteiger partial charge on any atom is -0.458 e. The Morgan fingerprint density at radius 3 is 2.00 bits per heavy atom. The summed E-state index contributed by atoms with van der Waals surface area (Å²) in [5, 5.41) is 0. The molecule has 0 atom stereocenters. The zero-order valence-electron chi connectivity index (χ0n) is 8.45. The van der Waals surface area contributed by atoms with E-state index in [0.717, 1.165) is 6.08 Å². The number of hydrogen-bond donors (Lipinski definition) is 0. The molecular weight excluding hydrogens is 190 g/mol. The van der Waals surface area contributed by atoms with Gasteiger partial charge in [0.1, 0.15) is 6.61 Å². The van der Waals surface area contributed by atoms with Gasteiger partial charge in [-0.15, -0.1) is 12.4 Å². The normalized spacial score (nSPS) is 7.38. The number of carbonyl (C=O) groups excluding carboxylic acids is 1. The smallest absolute Gasteiger partial charge is 0.330 e. The van der Waals surface area contributed by atoms with E-state index in [4.69, 9.17) is 0 Å². The van der Waals surface area contributed by atoms with Gasteiger partial charge in [0.05, 0.1) is 0 Å². The molecule has 4 heteroatoms. The van der Waals surface area contributed by atoms with Crippen molar-refractivity contribution in [2.75, 3.05) is 27.7 Å². The highest BCUT2D eigenvalue weighted by atomic mass is 35.5. The molecule has 0 fully saturated rings. The lowest BCUT2D eigenvalue weighted by Gasteiger charge is -1.92. The monoisotopic (exact) mass is 207 g/mol. The van der Waals surface area contributed by atoms with Crippen molar-refractivity contribution < 1.29 is 9.53 Å². The fraction of sp³-hybridized carbons (Fsp3) is 0.444. The lowest BCUT2D eigenvalue weighted by atomic mass is 10.6. The maximum absolute atomic E-state index is 10.2. The van der Waals surface area contributed by atoms with E-state index in [2.05, 4.69) is 17.9 Å². The first kappa shape index (κ1) is 18.1. The average Bonchev–Trinajstić information content (AvgIpc) is 1.99. The molecule has 13 heavy (non-hydrogen) atoms.